The van der Waals surface area contributed by atoms with Crippen molar-refractivity contribution in [3.8, 4) is 0 Å². The molecule has 8 nitrogen and oxygen atoms in total. The molecule has 6 rings (SSSR count). The average Bonchev–Trinajstić information content (AvgIpc) is 3.90. The van der Waals surface area contributed by atoms with Crippen molar-refractivity contribution < 1.29 is 28.5 Å². The molecular weight excluding hydrogens is 484 g/mol. The zero-order valence-corrected chi connectivity index (χ0v) is 21.9. The minimum Gasteiger partial charge on any atom is -0.445 e. The summed E-state index contributed by atoms with van der Waals surface area (Å²) in [6.45, 7) is 5.68. The molecule has 0 aromatic heterocycles. The second-order valence-corrected chi connectivity index (χ2v) is 10.5. The Balaban J connectivity index is 0.000000155. The highest BCUT2D eigenvalue weighted by molar-refractivity contribution is 5.68. The van der Waals surface area contributed by atoms with Crippen LogP contribution in [0.25, 0.3) is 0 Å². The van der Waals surface area contributed by atoms with Gasteiger partial charge in [0, 0.05) is 26.2 Å². The van der Waals surface area contributed by atoms with Crippen molar-refractivity contribution in [3.63, 3.8) is 0 Å². The van der Waals surface area contributed by atoms with E-state index < -0.39 is 0 Å². The third-order valence-electron chi connectivity index (χ3n) is 7.78. The Kier molecular flexibility index (Phi) is 9.15. The van der Waals surface area contributed by atoms with E-state index >= 15 is 0 Å². The number of epoxide rings is 2. The molecule has 2 aromatic rings. The Hall–Kier alpha value is -3.10. The first-order valence-corrected chi connectivity index (χ1v) is 13.8. The van der Waals surface area contributed by atoms with Crippen molar-refractivity contribution in [3.05, 3.63) is 71.8 Å². The zero-order chi connectivity index (χ0) is 26.2. The van der Waals surface area contributed by atoms with Gasteiger partial charge < -0.3 is 28.7 Å². The number of carbonyl (C=O) groups is 2. The summed E-state index contributed by atoms with van der Waals surface area (Å²) in [4.78, 5) is 27.5. The summed E-state index contributed by atoms with van der Waals surface area (Å²) in [5, 5.41) is 0. The summed E-state index contributed by atoms with van der Waals surface area (Å²) in [6.07, 6.45) is 4.66. The fourth-order valence-electron chi connectivity index (χ4n) is 5.18. The van der Waals surface area contributed by atoms with Crippen LogP contribution in [-0.2, 0) is 32.2 Å². The third kappa shape index (κ3) is 7.95. The molecule has 4 saturated heterocycles. The second-order valence-electron chi connectivity index (χ2n) is 10.5. The van der Waals surface area contributed by atoms with Gasteiger partial charge in [0.25, 0.3) is 0 Å². The highest BCUT2D eigenvalue weighted by atomic mass is 16.6. The van der Waals surface area contributed by atoms with Crippen LogP contribution in [-0.4, -0.2) is 73.6 Å². The van der Waals surface area contributed by atoms with Crippen LogP contribution in [0.3, 0.4) is 0 Å². The van der Waals surface area contributed by atoms with Crippen molar-refractivity contribution in [1.29, 1.82) is 0 Å². The minimum absolute atomic E-state index is 0.195. The number of amides is 2. The van der Waals surface area contributed by atoms with Crippen molar-refractivity contribution >= 4 is 12.2 Å². The first-order chi connectivity index (χ1) is 18.7. The van der Waals surface area contributed by atoms with Gasteiger partial charge in [-0.2, -0.15) is 0 Å². The predicted octanol–water partition coefficient (Wildman–Crippen LogP) is 4.87. The molecule has 4 aliphatic heterocycles. The van der Waals surface area contributed by atoms with Crippen LogP contribution in [0.1, 0.15) is 36.8 Å². The maximum Gasteiger partial charge on any atom is 0.410 e. The summed E-state index contributed by atoms with van der Waals surface area (Å²) in [7, 11) is 0. The van der Waals surface area contributed by atoms with Crippen LogP contribution in [0.5, 0.6) is 0 Å². The van der Waals surface area contributed by atoms with E-state index in [0.717, 1.165) is 76.2 Å². The summed E-state index contributed by atoms with van der Waals surface area (Å²) in [6, 6.07) is 19.6. The first-order valence-electron chi connectivity index (χ1n) is 13.8. The van der Waals surface area contributed by atoms with Crippen LogP contribution in [0.4, 0.5) is 9.59 Å². The number of likely N-dealkylation sites (tertiary alicyclic amines) is 2. The van der Waals surface area contributed by atoms with Gasteiger partial charge >= 0.3 is 12.2 Å². The number of hydrogen-bond donors (Lipinski definition) is 0. The van der Waals surface area contributed by atoms with Gasteiger partial charge in [-0.3, -0.25) is 0 Å². The smallest absolute Gasteiger partial charge is 0.410 e. The van der Waals surface area contributed by atoms with E-state index in [4.69, 9.17) is 18.9 Å². The summed E-state index contributed by atoms with van der Waals surface area (Å²) < 4.78 is 21.3. The van der Waals surface area contributed by atoms with E-state index in [-0.39, 0.29) is 12.2 Å². The van der Waals surface area contributed by atoms with Gasteiger partial charge in [-0.15, -0.1) is 0 Å². The summed E-state index contributed by atoms with van der Waals surface area (Å²) in [5.41, 5.74) is 2.05. The molecule has 38 heavy (non-hydrogen) atoms. The Morgan fingerprint density at radius 2 is 0.974 bits per heavy atom. The van der Waals surface area contributed by atoms with Crippen molar-refractivity contribution in [2.24, 2.45) is 11.8 Å². The molecule has 0 N–H and O–H groups in total. The molecule has 2 amide bonds. The van der Waals surface area contributed by atoms with Crippen molar-refractivity contribution in [2.45, 2.75) is 51.1 Å². The molecule has 2 aromatic carbocycles. The number of rotatable bonds is 6. The molecule has 2 unspecified atom stereocenters. The highest BCUT2D eigenvalue weighted by Gasteiger charge is 2.37. The molecule has 4 heterocycles. The van der Waals surface area contributed by atoms with Crippen LogP contribution < -0.4 is 0 Å². The summed E-state index contributed by atoms with van der Waals surface area (Å²) >= 11 is 0. The molecule has 2 atom stereocenters. The molecule has 204 valence electrons. The number of piperidine rings is 2. The SMILES string of the molecule is O=C(OCc1ccccc1)N1CCC(C2CO2)CC1.O=C(OCc1ccccc1)N1CCC(C2CO2)CC1. The average molecular weight is 523 g/mol. The van der Waals surface area contributed by atoms with E-state index in [0.29, 0.717) is 37.3 Å². The van der Waals surface area contributed by atoms with Crippen LogP contribution in [0, 0.1) is 11.8 Å². The molecule has 0 radical (unpaired) electrons. The lowest BCUT2D eigenvalue weighted by atomic mass is 9.94. The van der Waals surface area contributed by atoms with Gasteiger partial charge in [0.15, 0.2) is 0 Å². The fourth-order valence-corrected chi connectivity index (χ4v) is 5.18. The van der Waals surface area contributed by atoms with Crippen LogP contribution >= 0.6 is 0 Å². The molecule has 4 aliphatic rings. The number of nitrogens with zero attached hydrogens (tertiary/aromatic N) is 2. The summed E-state index contributed by atoms with van der Waals surface area (Å²) in [5.74, 6) is 1.27. The Morgan fingerprint density at radius 3 is 1.29 bits per heavy atom. The minimum atomic E-state index is -0.195. The van der Waals surface area contributed by atoms with Gasteiger partial charge in [-0.1, -0.05) is 60.7 Å². The van der Waals surface area contributed by atoms with Gasteiger partial charge in [-0.05, 0) is 48.6 Å². The topological polar surface area (TPSA) is 84.1 Å². The van der Waals surface area contributed by atoms with E-state index in [1.54, 1.807) is 0 Å². The first kappa shape index (κ1) is 26.5. The lowest BCUT2D eigenvalue weighted by Gasteiger charge is -2.30. The van der Waals surface area contributed by atoms with Gasteiger partial charge in [0.1, 0.15) is 13.2 Å². The van der Waals surface area contributed by atoms with Gasteiger partial charge in [0.05, 0.1) is 25.4 Å². The molecule has 8 heteroatoms. The predicted molar refractivity (Wildman–Crippen MR) is 141 cm³/mol. The monoisotopic (exact) mass is 522 g/mol. The zero-order valence-electron chi connectivity index (χ0n) is 21.9. The van der Waals surface area contributed by atoms with Crippen LogP contribution in [0.2, 0.25) is 0 Å². The maximum atomic E-state index is 11.9. The Morgan fingerprint density at radius 1 is 0.632 bits per heavy atom. The molecule has 0 bridgehead atoms. The number of carbonyl (C=O) groups excluding carboxylic acids is 2. The molecular formula is C30H38N2O6. The van der Waals surface area contributed by atoms with E-state index in [9.17, 15) is 9.59 Å². The van der Waals surface area contributed by atoms with Crippen molar-refractivity contribution in [1.82, 2.24) is 9.80 Å². The standard InChI is InChI=1S/2C15H19NO3/c2*17-15(19-10-12-4-2-1-3-5-12)16-8-6-13(7-9-16)14-11-18-14/h2*1-5,13-14H,6-11H2. The fraction of sp³-hybridized carbons (Fsp3) is 0.533. The molecule has 0 spiro atoms. The van der Waals surface area contributed by atoms with E-state index in [1.807, 2.05) is 70.5 Å². The lowest BCUT2D eigenvalue weighted by molar-refractivity contribution is 0.0786. The lowest BCUT2D eigenvalue weighted by Crippen LogP contribution is -2.39. The van der Waals surface area contributed by atoms with Crippen molar-refractivity contribution in [2.75, 3.05) is 39.4 Å². The van der Waals surface area contributed by atoms with Crippen LogP contribution in [0.15, 0.2) is 60.7 Å². The largest absolute Gasteiger partial charge is 0.445 e. The number of ether oxygens (including phenoxy) is 4. The number of benzene rings is 2. The Labute approximate surface area is 224 Å². The quantitative estimate of drug-likeness (QED) is 0.504. The highest BCUT2D eigenvalue weighted by Crippen LogP contribution is 2.30. The molecule has 0 aliphatic carbocycles. The van der Waals surface area contributed by atoms with Gasteiger partial charge in [0.2, 0.25) is 0 Å². The molecule has 0 saturated carbocycles. The Bertz CT molecular complexity index is 928. The molecule has 4 fully saturated rings. The normalized spacial score (nSPS) is 23.2. The third-order valence-corrected chi connectivity index (χ3v) is 7.78. The second kappa shape index (κ2) is 13.1. The van der Waals surface area contributed by atoms with Gasteiger partial charge in [-0.25, -0.2) is 9.59 Å². The maximum absolute atomic E-state index is 11.9. The van der Waals surface area contributed by atoms with E-state index in [1.165, 1.54) is 0 Å². The number of hydrogen-bond acceptors (Lipinski definition) is 6. The van der Waals surface area contributed by atoms with E-state index in [2.05, 4.69) is 0 Å².